The van der Waals surface area contributed by atoms with Crippen molar-refractivity contribution in [1.82, 2.24) is 4.90 Å². The number of sulfonamides is 1. The van der Waals surface area contributed by atoms with Crippen LogP contribution in [0.4, 0.5) is 5.69 Å². The predicted octanol–water partition coefficient (Wildman–Crippen LogP) is 2.79. The molecule has 3 N–H and O–H groups in total. The van der Waals surface area contributed by atoms with Crippen molar-refractivity contribution >= 4 is 21.6 Å². The lowest BCUT2D eigenvalue weighted by molar-refractivity contribution is 0.0784. The standard InChI is InChI=1S/C23H24N2O5S/c1-25(15-17-7-9-18(10-8-17)22(27)16-26)23(28)19-11-13-21(14-12-19)31(29,30)24-20-5-3-2-4-6-20/h2-14,22,24,26-27H,15-16H2,1H3/t22-/m1/s1. The summed E-state index contributed by atoms with van der Waals surface area (Å²) in [5, 5.41) is 18.6. The number of hydrogen-bond acceptors (Lipinski definition) is 5. The first-order chi connectivity index (χ1) is 14.8. The Bertz CT molecular complexity index is 1110. The van der Waals surface area contributed by atoms with E-state index in [1.807, 2.05) is 0 Å². The van der Waals surface area contributed by atoms with Gasteiger partial charge in [-0.25, -0.2) is 8.42 Å². The van der Waals surface area contributed by atoms with Gasteiger partial charge < -0.3 is 15.1 Å². The van der Waals surface area contributed by atoms with Crippen molar-refractivity contribution in [1.29, 1.82) is 0 Å². The highest BCUT2D eigenvalue weighted by Crippen LogP contribution is 2.18. The first-order valence-electron chi connectivity index (χ1n) is 9.61. The number of nitrogens with zero attached hydrogens (tertiary/aromatic N) is 1. The average molecular weight is 441 g/mol. The molecule has 162 valence electrons. The van der Waals surface area contributed by atoms with E-state index in [2.05, 4.69) is 4.72 Å². The van der Waals surface area contributed by atoms with E-state index in [4.69, 9.17) is 5.11 Å². The van der Waals surface area contributed by atoms with Crippen LogP contribution in [-0.4, -0.2) is 43.1 Å². The first-order valence-corrected chi connectivity index (χ1v) is 11.1. The van der Waals surface area contributed by atoms with Crippen LogP contribution in [0.25, 0.3) is 0 Å². The summed E-state index contributed by atoms with van der Waals surface area (Å²) in [5.74, 6) is -0.251. The molecule has 3 aromatic carbocycles. The molecule has 0 aliphatic heterocycles. The van der Waals surface area contributed by atoms with Gasteiger partial charge in [0.1, 0.15) is 6.10 Å². The Labute approximate surface area is 181 Å². The zero-order chi connectivity index (χ0) is 22.4. The lowest BCUT2D eigenvalue weighted by Crippen LogP contribution is -2.26. The maximum Gasteiger partial charge on any atom is 0.261 e. The second-order valence-corrected chi connectivity index (χ2v) is 8.78. The van der Waals surface area contributed by atoms with E-state index in [0.29, 0.717) is 23.4 Å². The molecule has 0 aliphatic rings. The molecular weight excluding hydrogens is 416 g/mol. The van der Waals surface area contributed by atoms with Crippen molar-refractivity contribution in [3.63, 3.8) is 0 Å². The van der Waals surface area contributed by atoms with E-state index >= 15 is 0 Å². The number of rotatable bonds is 8. The molecule has 0 aromatic heterocycles. The van der Waals surface area contributed by atoms with Gasteiger partial charge in [0.15, 0.2) is 0 Å². The molecule has 0 unspecified atom stereocenters. The van der Waals surface area contributed by atoms with Crippen LogP contribution in [0.1, 0.15) is 27.6 Å². The zero-order valence-electron chi connectivity index (χ0n) is 17.0. The van der Waals surface area contributed by atoms with Crippen LogP contribution in [0.15, 0.2) is 83.8 Å². The highest BCUT2D eigenvalue weighted by molar-refractivity contribution is 7.92. The predicted molar refractivity (Wildman–Crippen MR) is 118 cm³/mol. The van der Waals surface area contributed by atoms with E-state index in [0.717, 1.165) is 5.56 Å². The number of carbonyl (C=O) groups is 1. The Hall–Kier alpha value is -3.20. The molecule has 31 heavy (non-hydrogen) atoms. The molecule has 8 heteroatoms. The number of para-hydroxylation sites is 1. The molecule has 0 heterocycles. The normalized spacial score (nSPS) is 12.2. The summed E-state index contributed by atoms with van der Waals surface area (Å²) in [6, 6.07) is 21.3. The second-order valence-electron chi connectivity index (χ2n) is 7.10. The molecule has 3 rings (SSSR count). The molecular formula is C23H24N2O5S. The molecule has 0 spiro atoms. The third kappa shape index (κ3) is 5.69. The van der Waals surface area contributed by atoms with Crippen LogP contribution in [0, 0.1) is 0 Å². The Balaban J connectivity index is 1.66. The van der Waals surface area contributed by atoms with E-state index in [1.54, 1.807) is 61.6 Å². The van der Waals surface area contributed by atoms with Crippen molar-refractivity contribution in [2.75, 3.05) is 18.4 Å². The minimum atomic E-state index is -3.75. The average Bonchev–Trinajstić information content (AvgIpc) is 2.79. The molecule has 3 aromatic rings. The van der Waals surface area contributed by atoms with E-state index in [1.165, 1.54) is 29.2 Å². The largest absolute Gasteiger partial charge is 0.393 e. The molecule has 1 atom stereocenters. The van der Waals surface area contributed by atoms with Crippen molar-refractivity contribution in [2.24, 2.45) is 0 Å². The summed E-state index contributed by atoms with van der Waals surface area (Å²) in [5.41, 5.74) is 2.28. The summed E-state index contributed by atoms with van der Waals surface area (Å²) >= 11 is 0. The molecule has 0 bridgehead atoms. The van der Waals surface area contributed by atoms with Crippen LogP contribution in [0.3, 0.4) is 0 Å². The fourth-order valence-electron chi connectivity index (χ4n) is 3.01. The van der Waals surface area contributed by atoms with Gasteiger partial charge in [0.2, 0.25) is 0 Å². The third-order valence-electron chi connectivity index (χ3n) is 4.74. The van der Waals surface area contributed by atoms with Crippen LogP contribution in [0.2, 0.25) is 0 Å². The fourth-order valence-corrected chi connectivity index (χ4v) is 4.07. The summed E-state index contributed by atoms with van der Waals surface area (Å²) in [6.07, 6.45) is -0.931. The maximum absolute atomic E-state index is 12.7. The van der Waals surface area contributed by atoms with Crippen molar-refractivity contribution in [3.8, 4) is 0 Å². The van der Waals surface area contributed by atoms with E-state index < -0.39 is 16.1 Å². The number of aliphatic hydroxyl groups excluding tert-OH is 2. The van der Waals surface area contributed by atoms with E-state index in [9.17, 15) is 18.3 Å². The van der Waals surface area contributed by atoms with Crippen LogP contribution >= 0.6 is 0 Å². The van der Waals surface area contributed by atoms with Crippen molar-refractivity contribution in [3.05, 3.63) is 95.6 Å². The number of aliphatic hydroxyl groups is 2. The third-order valence-corrected chi connectivity index (χ3v) is 6.14. The summed E-state index contributed by atoms with van der Waals surface area (Å²) in [6.45, 7) is -0.0196. The smallest absolute Gasteiger partial charge is 0.261 e. The number of benzene rings is 3. The SMILES string of the molecule is CN(Cc1ccc([C@H](O)CO)cc1)C(=O)c1ccc(S(=O)(=O)Nc2ccccc2)cc1. The number of amides is 1. The minimum Gasteiger partial charge on any atom is -0.393 e. The Morgan fingerprint density at radius 2 is 1.58 bits per heavy atom. The van der Waals surface area contributed by atoms with E-state index in [-0.39, 0.29) is 17.4 Å². The highest BCUT2D eigenvalue weighted by atomic mass is 32.2. The van der Waals surface area contributed by atoms with Gasteiger partial charge in [-0.3, -0.25) is 9.52 Å². The second kappa shape index (κ2) is 9.74. The van der Waals surface area contributed by atoms with Gasteiger partial charge in [0, 0.05) is 24.8 Å². The number of hydrogen-bond donors (Lipinski definition) is 3. The van der Waals surface area contributed by atoms with Gasteiger partial charge in [0.05, 0.1) is 11.5 Å². The van der Waals surface area contributed by atoms with Crippen LogP contribution in [0.5, 0.6) is 0 Å². The fraction of sp³-hybridized carbons (Fsp3) is 0.174. The number of anilines is 1. The highest BCUT2D eigenvalue weighted by Gasteiger charge is 2.17. The quantitative estimate of drug-likeness (QED) is 0.499. The Morgan fingerprint density at radius 1 is 0.968 bits per heavy atom. The monoisotopic (exact) mass is 440 g/mol. The molecule has 0 saturated carbocycles. The van der Waals surface area contributed by atoms with Gasteiger partial charge in [-0.1, -0.05) is 42.5 Å². The van der Waals surface area contributed by atoms with Gasteiger partial charge in [-0.2, -0.15) is 0 Å². The lowest BCUT2D eigenvalue weighted by atomic mass is 10.1. The van der Waals surface area contributed by atoms with Gasteiger partial charge in [0.25, 0.3) is 15.9 Å². The molecule has 1 amide bonds. The molecule has 7 nitrogen and oxygen atoms in total. The zero-order valence-corrected chi connectivity index (χ0v) is 17.8. The van der Waals surface area contributed by atoms with Crippen molar-refractivity contribution < 1.29 is 23.4 Å². The number of nitrogens with one attached hydrogen (secondary N) is 1. The molecule has 0 saturated heterocycles. The van der Waals surface area contributed by atoms with Gasteiger partial charge in [-0.05, 0) is 47.5 Å². The summed E-state index contributed by atoms with van der Waals surface area (Å²) < 4.78 is 27.5. The summed E-state index contributed by atoms with van der Waals surface area (Å²) in [7, 11) is -2.10. The molecule has 0 radical (unpaired) electrons. The first kappa shape index (κ1) is 22.5. The van der Waals surface area contributed by atoms with Crippen LogP contribution < -0.4 is 4.72 Å². The van der Waals surface area contributed by atoms with Gasteiger partial charge >= 0.3 is 0 Å². The Kier molecular flexibility index (Phi) is 7.06. The molecule has 0 fully saturated rings. The lowest BCUT2D eigenvalue weighted by Gasteiger charge is -2.18. The molecule has 0 aliphatic carbocycles. The Morgan fingerprint density at radius 3 is 2.16 bits per heavy atom. The van der Waals surface area contributed by atoms with Crippen molar-refractivity contribution in [2.45, 2.75) is 17.5 Å². The topological polar surface area (TPSA) is 107 Å². The van der Waals surface area contributed by atoms with Crippen LogP contribution in [-0.2, 0) is 16.6 Å². The number of carbonyl (C=O) groups excluding carboxylic acids is 1. The maximum atomic E-state index is 12.7. The van der Waals surface area contributed by atoms with Gasteiger partial charge in [-0.15, -0.1) is 0 Å². The summed E-state index contributed by atoms with van der Waals surface area (Å²) in [4.78, 5) is 14.3. The minimum absolute atomic E-state index is 0.0635.